The van der Waals surface area contributed by atoms with Crippen molar-refractivity contribution in [1.29, 1.82) is 0 Å². The van der Waals surface area contributed by atoms with Gasteiger partial charge < -0.3 is 21.9 Å². The molecule has 0 heterocycles. The van der Waals surface area contributed by atoms with Crippen LogP contribution < -0.4 is 16.8 Å². The summed E-state index contributed by atoms with van der Waals surface area (Å²) in [5.74, 6) is -1.57. The highest BCUT2D eigenvalue weighted by Gasteiger charge is 2.17. The van der Waals surface area contributed by atoms with E-state index in [1.54, 1.807) is 0 Å². The fourth-order valence-corrected chi connectivity index (χ4v) is 3.04. The van der Waals surface area contributed by atoms with Crippen molar-refractivity contribution in [1.82, 2.24) is 5.32 Å². The second-order valence-electron chi connectivity index (χ2n) is 3.17. The monoisotopic (exact) mass is 281 g/mol. The number of amides is 2. The Balaban J connectivity index is 3.87. The van der Waals surface area contributed by atoms with E-state index in [4.69, 9.17) is 16.6 Å². The highest BCUT2D eigenvalue weighted by molar-refractivity contribution is 8.76. The second kappa shape index (κ2) is 8.20. The van der Waals surface area contributed by atoms with E-state index in [-0.39, 0.29) is 17.4 Å². The third kappa shape index (κ3) is 7.88. The van der Waals surface area contributed by atoms with Gasteiger partial charge in [0.2, 0.25) is 11.8 Å². The van der Waals surface area contributed by atoms with Crippen molar-refractivity contribution in [3.8, 4) is 0 Å². The molecule has 0 radical (unpaired) electrons. The zero-order valence-corrected chi connectivity index (χ0v) is 10.8. The molecule has 98 valence electrons. The maximum absolute atomic E-state index is 10.9. The number of carbonyl (C=O) groups is 3. The molecule has 0 aliphatic rings. The minimum absolute atomic E-state index is 0.214. The highest BCUT2D eigenvalue weighted by atomic mass is 33.1. The summed E-state index contributed by atoms with van der Waals surface area (Å²) in [6.07, 6.45) is 0. The van der Waals surface area contributed by atoms with Crippen LogP contribution in [0.1, 0.15) is 6.92 Å². The fourth-order valence-electron chi connectivity index (χ4n) is 0.749. The second-order valence-corrected chi connectivity index (χ2v) is 5.72. The predicted octanol–water partition coefficient (Wildman–Crippen LogP) is -1.23. The lowest BCUT2D eigenvalue weighted by atomic mass is 10.3. The third-order valence-corrected chi connectivity index (χ3v) is 4.05. The minimum Gasteiger partial charge on any atom is -0.480 e. The van der Waals surface area contributed by atoms with E-state index in [9.17, 15) is 14.4 Å². The molecule has 0 fully saturated rings. The van der Waals surface area contributed by atoms with Gasteiger partial charge in [-0.15, -0.1) is 0 Å². The van der Waals surface area contributed by atoms with Gasteiger partial charge in [-0.1, -0.05) is 21.6 Å². The number of aliphatic carboxylic acids is 1. The molecule has 0 bridgehead atoms. The number of carboxylic acid groups (broad SMARTS) is 1. The van der Waals surface area contributed by atoms with Crippen molar-refractivity contribution < 1.29 is 19.5 Å². The maximum Gasteiger partial charge on any atom is 0.321 e. The number of carbonyl (C=O) groups excluding carboxylic acids is 2. The van der Waals surface area contributed by atoms with Crippen LogP contribution in [0.25, 0.3) is 0 Å². The van der Waals surface area contributed by atoms with Crippen molar-refractivity contribution in [2.45, 2.75) is 19.0 Å². The lowest BCUT2D eigenvalue weighted by Gasteiger charge is -2.13. The molecule has 0 saturated carbocycles. The average Bonchev–Trinajstić information content (AvgIpc) is 2.21. The number of primary amides is 1. The molecule has 17 heavy (non-hydrogen) atoms. The van der Waals surface area contributed by atoms with E-state index >= 15 is 0 Å². The molecule has 0 aromatic carbocycles. The molecule has 2 amide bonds. The van der Waals surface area contributed by atoms with Crippen molar-refractivity contribution in [2.75, 3.05) is 11.5 Å². The summed E-state index contributed by atoms with van der Waals surface area (Å²) in [6.45, 7) is 1.29. The van der Waals surface area contributed by atoms with Gasteiger partial charge in [-0.25, -0.2) is 0 Å². The molecule has 7 nitrogen and oxygen atoms in total. The molecule has 0 aromatic heterocycles. The Hall–Kier alpha value is -0.930. The molecule has 0 aromatic rings. The molecule has 0 spiro atoms. The van der Waals surface area contributed by atoms with Crippen LogP contribution in [0.15, 0.2) is 0 Å². The number of carboxylic acids is 1. The molecule has 9 heteroatoms. The Morgan fingerprint density at radius 1 is 1.29 bits per heavy atom. The van der Waals surface area contributed by atoms with Gasteiger partial charge in [0.25, 0.3) is 0 Å². The highest BCUT2D eigenvalue weighted by Crippen LogP contribution is 2.22. The quantitative estimate of drug-likeness (QED) is 0.323. The average molecular weight is 281 g/mol. The van der Waals surface area contributed by atoms with Gasteiger partial charge in [0.15, 0.2) is 0 Å². The summed E-state index contributed by atoms with van der Waals surface area (Å²) < 4.78 is 0. The Labute approximate surface area is 106 Å². The fraction of sp³-hybridized carbons (Fsp3) is 0.625. The van der Waals surface area contributed by atoms with Crippen molar-refractivity contribution in [3.63, 3.8) is 0 Å². The topological polar surface area (TPSA) is 136 Å². The summed E-state index contributed by atoms with van der Waals surface area (Å²) in [5, 5.41) is 10.9. The van der Waals surface area contributed by atoms with Crippen LogP contribution in [0.3, 0.4) is 0 Å². The van der Waals surface area contributed by atoms with Gasteiger partial charge >= 0.3 is 5.97 Å². The summed E-state index contributed by atoms with van der Waals surface area (Å²) in [6, 6.07) is -1.70. The molecule has 2 atom stereocenters. The Bertz CT molecular complexity index is 300. The van der Waals surface area contributed by atoms with E-state index in [2.05, 4.69) is 5.32 Å². The van der Waals surface area contributed by atoms with Crippen LogP contribution in [0.5, 0.6) is 0 Å². The van der Waals surface area contributed by atoms with Gasteiger partial charge in [0.1, 0.15) is 12.1 Å². The Morgan fingerprint density at radius 3 is 2.24 bits per heavy atom. The van der Waals surface area contributed by atoms with Crippen LogP contribution in [-0.4, -0.2) is 46.5 Å². The number of hydrogen-bond donors (Lipinski definition) is 4. The zero-order valence-electron chi connectivity index (χ0n) is 9.21. The zero-order chi connectivity index (χ0) is 13.4. The smallest absolute Gasteiger partial charge is 0.321 e. The first kappa shape index (κ1) is 16.1. The van der Waals surface area contributed by atoms with Gasteiger partial charge in [-0.05, 0) is 0 Å². The third-order valence-electron chi connectivity index (χ3n) is 1.60. The number of nitrogens with one attached hydrogen (secondary N) is 1. The normalized spacial score (nSPS) is 13.8. The van der Waals surface area contributed by atoms with Gasteiger partial charge in [0, 0.05) is 18.4 Å². The summed E-state index contributed by atoms with van der Waals surface area (Å²) in [4.78, 5) is 32.1. The molecule has 0 rings (SSSR count). The van der Waals surface area contributed by atoms with Crippen molar-refractivity contribution >= 4 is 39.4 Å². The number of hydrogen-bond acceptors (Lipinski definition) is 6. The van der Waals surface area contributed by atoms with Gasteiger partial charge in [-0.2, -0.15) is 0 Å². The summed E-state index contributed by atoms with van der Waals surface area (Å²) in [7, 11) is 2.45. The van der Waals surface area contributed by atoms with Crippen LogP contribution >= 0.6 is 21.6 Å². The van der Waals surface area contributed by atoms with Crippen molar-refractivity contribution in [3.05, 3.63) is 0 Å². The SMILES string of the molecule is CC(=O)NC(CSSCC(N)C(=O)O)C(N)=O. The van der Waals surface area contributed by atoms with E-state index in [1.807, 2.05) is 0 Å². The lowest BCUT2D eigenvalue weighted by molar-refractivity contribution is -0.137. The molecule has 0 aliphatic heterocycles. The number of nitrogens with two attached hydrogens (primary N) is 2. The van der Waals surface area contributed by atoms with E-state index in [1.165, 1.54) is 28.5 Å². The van der Waals surface area contributed by atoms with Crippen LogP contribution in [0.2, 0.25) is 0 Å². The molecular weight excluding hydrogens is 266 g/mol. The van der Waals surface area contributed by atoms with Crippen molar-refractivity contribution in [2.24, 2.45) is 11.5 Å². The van der Waals surface area contributed by atoms with Crippen LogP contribution in [-0.2, 0) is 14.4 Å². The van der Waals surface area contributed by atoms with Crippen LogP contribution in [0.4, 0.5) is 0 Å². The minimum atomic E-state index is -1.08. The first-order valence-electron chi connectivity index (χ1n) is 4.63. The Morgan fingerprint density at radius 2 is 1.82 bits per heavy atom. The van der Waals surface area contributed by atoms with Gasteiger partial charge in [-0.3, -0.25) is 14.4 Å². The maximum atomic E-state index is 10.9. The molecular formula is C8H15N3O4S2. The largest absolute Gasteiger partial charge is 0.480 e. The molecule has 2 unspecified atom stereocenters. The molecule has 6 N–H and O–H groups in total. The van der Waals surface area contributed by atoms with Gasteiger partial charge in [0.05, 0.1) is 0 Å². The van der Waals surface area contributed by atoms with E-state index in [0.717, 1.165) is 0 Å². The first-order chi connectivity index (χ1) is 7.84. The van der Waals surface area contributed by atoms with Crippen LogP contribution in [0, 0.1) is 0 Å². The lowest BCUT2D eigenvalue weighted by Crippen LogP contribution is -2.45. The summed E-state index contributed by atoms with van der Waals surface area (Å²) in [5.41, 5.74) is 10.4. The molecule has 0 aliphatic carbocycles. The van der Waals surface area contributed by atoms with E-state index < -0.39 is 24.0 Å². The predicted molar refractivity (Wildman–Crippen MR) is 67.3 cm³/mol. The number of rotatable bonds is 8. The Kier molecular flexibility index (Phi) is 7.75. The standard InChI is InChI=1S/C8H15N3O4S2/c1-4(12)11-6(7(10)13)3-17-16-2-5(9)8(14)15/h5-6H,2-3,9H2,1H3,(H2,10,13)(H,11,12)(H,14,15). The van der Waals surface area contributed by atoms with E-state index in [0.29, 0.717) is 0 Å². The first-order valence-corrected chi connectivity index (χ1v) is 7.12. The summed E-state index contributed by atoms with van der Waals surface area (Å²) >= 11 is 0. The molecule has 0 saturated heterocycles.